The van der Waals surface area contributed by atoms with E-state index in [1.807, 2.05) is 13.8 Å². The Balaban J connectivity index is 3.68. The van der Waals surface area contributed by atoms with Gasteiger partial charge in [0.2, 0.25) is 0 Å². The van der Waals surface area contributed by atoms with Crippen LogP contribution >= 0.6 is 0 Å². The Labute approximate surface area is 79.8 Å². The van der Waals surface area contributed by atoms with Crippen LogP contribution in [-0.2, 0) is 9.53 Å². The van der Waals surface area contributed by atoms with Crippen molar-refractivity contribution < 1.29 is 9.53 Å². The summed E-state index contributed by atoms with van der Waals surface area (Å²) in [5.74, 6) is 2.36. The highest BCUT2D eigenvalue weighted by molar-refractivity contribution is 5.69. The first-order valence-electron chi connectivity index (χ1n) is 4.36. The van der Waals surface area contributed by atoms with E-state index in [2.05, 4.69) is 16.0 Å². The molecule has 0 heterocycles. The molecule has 1 N–H and O–H groups in total. The van der Waals surface area contributed by atoms with Gasteiger partial charge < -0.3 is 10.1 Å². The van der Waals surface area contributed by atoms with Gasteiger partial charge in [0.1, 0.15) is 0 Å². The summed E-state index contributed by atoms with van der Waals surface area (Å²) in [6.45, 7) is 3.93. The standard InChI is InChI=1S/C10H17NO2/c1-5-6-8(2)11-9(3)7-10(12)13-4/h1,8-9,11H,6-7H2,2-4H3. The predicted molar refractivity (Wildman–Crippen MR) is 52.1 cm³/mol. The van der Waals surface area contributed by atoms with Gasteiger partial charge in [0, 0.05) is 18.5 Å². The molecular weight excluding hydrogens is 166 g/mol. The fraction of sp³-hybridized carbons (Fsp3) is 0.700. The zero-order chi connectivity index (χ0) is 10.3. The number of esters is 1. The van der Waals surface area contributed by atoms with Gasteiger partial charge in [0.15, 0.2) is 0 Å². The van der Waals surface area contributed by atoms with Crippen LogP contribution in [0.15, 0.2) is 0 Å². The third kappa shape index (κ3) is 6.18. The summed E-state index contributed by atoms with van der Waals surface area (Å²) in [6, 6.07) is 0.348. The number of nitrogens with one attached hydrogen (secondary N) is 1. The number of rotatable bonds is 5. The van der Waals surface area contributed by atoms with Crippen molar-refractivity contribution in [2.45, 2.75) is 38.8 Å². The van der Waals surface area contributed by atoms with Crippen LogP contribution in [0.5, 0.6) is 0 Å². The average Bonchev–Trinajstić information content (AvgIpc) is 2.04. The summed E-state index contributed by atoms with van der Waals surface area (Å²) < 4.78 is 4.54. The second-order valence-corrected chi connectivity index (χ2v) is 3.16. The number of carbonyl (C=O) groups excluding carboxylic acids is 1. The second kappa shape index (κ2) is 6.50. The largest absolute Gasteiger partial charge is 0.469 e. The van der Waals surface area contributed by atoms with Crippen LogP contribution in [0.2, 0.25) is 0 Å². The Hall–Kier alpha value is -1.01. The third-order valence-electron chi connectivity index (χ3n) is 1.69. The quantitative estimate of drug-likeness (QED) is 0.509. The van der Waals surface area contributed by atoms with E-state index in [0.29, 0.717) is 12.8 Å². The second-order valence-electron chi connectivity index (χ2n) is 3.16. The maximum absolute atomic E-state index is 10.9. The summed E-state index contributed by atoms with van der Waals surface area (Å²) >= 11 is 0. The number of ether oxygens (including phenoxy) is 1. The Morgan fingerprint density at radius 3 is 2.62 bits per heavy atom. The number of methoxy groups -OCH3 is 1. The molecule has 0 aromatic heterocycles. The molecular formula is C10H17NO2. The molecule has 0 fully saturated rings. The number of carbonyl (C=O) groups is 1. The lowest BCUT2D eigenvalue weighted by molar-refractivity contribution is -0.141. The Bertz CT molecular complexity index is 196. The van der Waals surface area contributed by atoms with Crippen molar-refractivity contribution in [2.75, 3.05) is 7.11 Å². The van der Waals surface area contributed by atoms with Crippen molar-refractivity contribution in [3.63, 3.8) is 0 Å². The number of hydrogen-bond acceptors (Lipinski definition) is 3. The van der Waals surface area contributed by atoms with Crippen LogP contribution in [0.4, 0.5) is 0 Å². The van der Waals surface area contributed by atoms with E-state index >= 15 is 0 Å². The van der Waals surface area contributed by atoms with Crippen LogP contribution in [0.1, 0.15) is 26.7 Å². The summed E-state index contributed by atoms with van der Waals surface area (Å²) in [4.78, 5) is 10.9. The van der Waals surface area contributed by atoms with Crippen molar-refractivity contribution in [1.82, 2.24) is 5.32 Å². The Morgan fingerprint density at radius 2 is 2.15 bits per heavy atom. The van der Waals surface area contributed by atoms with Gasteiger partial charge in [-0.1, -0.05) is 0 Å². The SMILES string of the molecule is C#CCC(C)NC(C)CC(=O)OC. The van der Waals surface area contributed by atoms with Crippen LogP contribution in [-0.4, -0.2) is 25.2 Å². The summed E-state index contributed by atoms with van der Waals surface area (Å²) in [6.07, 6.45) is 6.20. The van der Waals surface area contributed by atoms with Crippen molar-refractivity contribution in [3.05, 3.63) is 0 Å². The molecule has 0 aliphatic carbocycles. The molecule has 0 amide bonds. The number of terminal acetylenes is 1. The van der Waals surface area contributed by atoms with Gasteiger partial charge in [-0.3, -0.25) is 4.79 Å². The molecule has 0 saturated carbocycles. The molecule has 13 heavy (non-hydrogen) atoms. The van der Waals surface area contributed by atoms with Crippen LogP contribution in [0.25, 0.3) is 0 Å². The van der Waals surface area contributed by atoms with E-state index in [0.717, 1.165) is 0 Å². The minimum absolute atomic E-state index is 0.107. The molecule has 0 aliphatic rings. The van der Waals surface area contributed by atoms with E-state index in [1.54, 1.807) is 0 Å². The van der Waals surface area contributed by atoms with Crippen LogP contribution < -0.4 is 5.32 Å². The molecule has 3 heteroatoms. The smallest absolute Gasteiger partial charge is 0.307 e. The Morgan fingerprint density at radius 1 is 1.54 bits per heavy atom. The fourth-order valence-electron chi connectivity index (χ4n) is 1.11. The molecule has 2 atom stereocenters. The molecule has 3 nitrogen and oxygen atoms in total. The first-order valence-corrected chi connectivity index (χ1v) is 4.36. The highest BCUT2D eigenvalue weighted by Gasteiger charge is 2.10. The van der Waals surface area contributed by atoms with E-state index in [9.17, 15) is 4.79 Å². The molecule has 0 rings (SSSR count). The van der Waals surface area contributed by atoms with Crippen LogP contribution in [0, 0.1) is 12.3 Å². The van der Waals surface area contributed by atoms with Crippen molar-refractivity contribution >= 4 is 5.97 Å². The lowest BCUT2D eigenvalue weighted by atomic mass is 10.2. The van der Waals surface area contributed by atoms with Crippen LogP contribution in [0.3, 0.4) is 0 Å². The molecule has 74 valence electrons. The van der Waals surface area contributed by atoms with Gasteiger partial charge in [0.25, 0.3) is 0 Å². The zero-order valence-corrected chi connectivity index (χ0v) is 8.46. The Kier molecular flexibility index (Phi) is 5.99. The minimum atomic E-state index is -0.201. The summed E-state index contributed by atoms with van der Waals surface area (Å²) in [5, 5.41) is 3.20. The van der Waals surface area contributed by atoms with Crippen molar-refractivity contribution in [1.29, 1.82) is 0 Å². The molecule has 0 saturated heterocycles. The third-order valence-corrected chi connectivity index (χ3v) is 1.69. The summed E-state index contributed by atoms with van der Waals surface area (Å²) in [5.41, 5.74) is 0. The van der Waals surface area contributed by atoms with E-state index < -0.39 is 0 Å². The lowest BCUT2D eigenvalue weighted by Crippen LogP contribution is -2.35. The number of hydrogen-bond donors (Lipinski definition) is 1. The monoisotopic (exact) mass is 183 g/mol. The maximum atomic E-state index is 10.9. The topological polar surface area (TPSA) is 38.3 Å². The first-order chi connectivity index (χ1) is 6.10. The summed E-state index contributed by atoms with van der Waals surface area (Å²) in [7, 11) is 1.39. The highest BCUT2D eigenvalue weighted by Crippen LogP contribution is 1.97. The van der Waals surface area contributed by atoms with E-state index in [1.165, 1.54) is 7.11 Å². The molecule has 0 spiro atoms. The zero-order valence-electron chi connectivity index (χ0n) is 8.46. The maximum Gasteiger partial charge on any atom is 0.307 e. The van der Waals surface area contributed by atoms with Gasteiger partial charge in [-0.15, -0.1) is 12.3 Å². The molecule has 0 aromatic carbocycles. The molecule has 0 radical (unpaired) electrons. The minimum Gasteiger partial charge on any atom is -0.469 e. The lowest BCUT2D eigenvalue weighted by Gasteiger charge is -2.16. The van der Waals surface area contributed by atoms with Gasteiger partial charge in [0.05, 0.1) is 13.5 Å². The normalized spacial score (nSPS) is 14.3. The first kappa shape index (κ1) is 12.0. The van der Waals surface area contributed by atoms with Gasteiger partial charge in [-0.05, 0) is 13.8 Å². The van der Waals surface area contributed by atoms with Gasteiger partial charge >= 0.3 is 5.97 Å². The average molecular weight is 183 g/mol. The molecule has 0 bridgehead atoms. The molecule has 0 aliphatic heterocycles. The predicted octanol–water partition coefficient (Wildman–Crippen LogP) is 0.939. The van der Waals surface area contributed by atoms with Gasteiger partial charge in [-0.2, -0.15) is 0 Å². The van der Waals surface area contributed by atoms with Gasteiger partial charge in [-0.25, -0.2) is 0 Å². The van der Waals surface area contributed by atoms with E-state index in [4.69, 9.17) is 6.42 Å². The van der Waals surface area contributed by atoms with E-state index in [-0.39, 0.29) is 18.1 Å². The van der Waals surface area contributed by atoms with Crippen molar-refractivity contribution in [3.8, 4) is 12.3 Å². The fourth-order valence-corrected chi connectivity index (χ4v) is 1.11. The van der Waals surface area contributed by atoms with Crippen molar-refractivity contribution in [2.24, 2.45) is 0 Å². The molecule has 0 aromatic rings. The molecule has 2 unspecified atom stereocenters. The highest BCUT2D eigenvalue weighted by atomic mass is 16.5.